The number of hydrogen-bond acceptors (Lipinski definition) is 3. The molecule has 3 rings (SSSR count). The van der Waals surface area contributed by atoms with Gasteiger partial charge in [-0.2, -0.15) is 0 Å². The van der Waals surface area contributed by atoms with Crippen LogP contribution in [0.15, 0.2) is 53.6 Å². The van der Waals surface area contributed by atoms with E-state index < -0.39 is 22.0 Å². The molecular weight excluding hydrogens is 423 g/mol. The molecule has 0 aliphatic rings. The number of carbonyl (C=O) groups is 1. The highest BCUT2D eigenvalue weighted by molar-refractivity contribution is 7.89. The minimum absolute atomic E-state index is 0.0800. The first-order chi connectivity index (χ1) is 13.2. The summed E-state index contributed by atoms with van der Waals surface area (Å²) < 4.78 is 29.2. The number of sulfonamides is 1. The van der Waals surface area contributed by atoms with Crippen LogP contribution in [0, 0.1) is 0 Å². The van der Waals surface area contributed by atoms with Gasteiger partial charge in [0.05, 0.1) is 5.02 Å². The Balaban J connectivity index is 1.83. The zero-order valence-electron chi connectivity index (χ0n) is 14.9. The zero-order chi connectivity index (χ0) is 20.5. The van der Waals surface area contributed by atoms with E-state index in [9.17, 15) is 18.3 Å². The van der Waals surface area contributed by atoms with E-state index in [1.54, 1.807) is 17.7 Å². The van der Waals surface area contributed by atoms with Crippen LogP contribution in [0.5, 0.6) is 0 Å². The topological polar surface area (TPSA) is 88.4 Å². The Morgan fingerprint density at radius 2 is 1.93 bits per heavy atom. The van der Waals surface area contributed by atoms with Crippen molar-refractivity contribution in [1.82, 2.24) is 9.29 Å². The molecule has 0 fully saturated rings. The maximum Gasteiger partial charge on any atom is 0.326 e. The van der Waals surface area contributed by atoms with Crippen molar-refractivity contribution in [3.8, 4) is 0 Å². The summed E-state index contributed by atoms with van der Waals surface area (Å²) in [6.07, 6.45) is 2.14. The van der Waals surface area contributed by atoms with Crippen molar-refractivity contribution in [2.24, 2.45) is 0 Å². The van der Waals surface area contributed by atoms with Gasteiger partial charge >= 0.3 is 5.97 Å². The summed E-state index contributed by atoms with van der Waals surface area (Å²) in [5.74, 6) is -0.941. The average molecular weight is 441 g/mol. The number of hydrogen-bond donors (Lipinski definition) is 2. The molecule has 0 spiro atoms. The van der Waals surface area contributed by atoms with Gasteiger partial charge in [-0.05, 0) is 43.2 Å². The molecule has 6 nitrogen and oxygen atoms in total. The van der Waals surface area contributed by atoms with Gasteiger partial charge < -0.3 is 9.67 Å². The molecule has 0 radical (unpaired) electrons. The summed E-state index contributed by atoms with van der Waals surface area (Å²) in [5, 5.41) is 10.6. The van der Waals surface area contributed by atoms with Crippen LogP contribution < -0.4 is 4.72 Å². The highest BCUT2D eigenvalue weighted by Gasteiger charge is 2.20. The van der Waals surface area contributed by atoms with Crippen LogP contribution >= 0.6 is 23.2 Å². The van der Waals surface area contributed by atoms with Gasteiger partial charge in [-0.3, -0.25) is 0 Å². The lowest BCUT2D eigenvalue weighted by atomic mass is 10.1. The highest BCUT2D eigenvalue weighted by atomic mass is 35.5. The Kier molecular flexibility index (Phi) is 6.00. The quantitative estimate of drug-likeness (QED) is 0.578. The van der Waals surface area contributed by atoms with Crippen molar-refractivity contribution in [2.75, 3.05) is 6.54 Å². The minimum Gasteiger partial charge on any atom is -0.480 e. The third kappa shape index (κ3) is 4.17. The number of carboxylic acid groups (broad SMARTS) is 1. The number of benzene rings is 2. The van der Waals surface area contributed by atoms with Crippen molar-refractivity contribution in [3.05, 3.63) is 64.3 Å². The Bertz CT molecular complexity index is 1140. The number of nitrogens with zero attached hydrogens (tertiary/aromatic N) is 1. The molecule has 1 heterocycles. The summed E-state index contributed by atoms with van der Waals surface area (Å²) in [4.78, 5) is 11.3. The van der Waals surface area contributed by atoms with Gasteiger partial charge in [-0.1, -0.05) is 41.4 Å². The maximum absolute atomic E-state index is 12.5. The van der Waals surface area contributed by atoms with E-state index in [1.807, 2.05) is 24.3 Å². The highest BCUT2D eigenvalue weighted by Crippen LogP contribution is 2.26. The molecule has 1 unspecified atom stereocenters. The normalized spacial score (nSPS) is 13.0. The van der Waals surface area contributed by atoms with E-state index in [0.29, 0.717) is 6.42 Å². The van der Waals surface area contributed by atoms with Crippen LogP contribution in [0.3, 0.4) is 0 Å². The van der Waals surface area contributed by atoms with E-state index in [1.165, 1.54) is 18.2 Å². The molecule has 2 N–H and O–H groups in total. The lowest BCUT2D eigenvalue weighted by Crippen LogP contribution is -2.26. The largest absolute Gasteiger partial charge is 0.480 e. The summed E-state index contributed by atoms with van der Waals surface area (Å²) in [6, 6.07) is 10.9. The smallest absolute Gasteiger partial charge is 0.326 e. The summed E-state index contributed by atoms with van der Waals surface area (Å²) in [6.45, 7) is 1.73. The fourth-order valence-electron chi connectivity index (χ4n) is 3.00. The minimum atomic E-state index is -3.83. The molecular formula is C19H18Cl2N2O4S. The molecule has 3 aromatic rings. The number of carboxylic acids is 1. The van der Waals surface area contributed by atoms with Crippen molar-refractivity contribution in [2.45, 2.75) is 24.3 Å². The predicted molar refractivity (Wildman–Crippen MR) is 110 cm³/mol. The molecule has 0 aliphatic heterocycles. The number of halogens is 2. The van der Waals surface area contributed by atoms with Gasteiger partial charge in [0.25, 0.3) is 0 Å². The fraction of sp³-hybridized carbons (Fsp3) is 0.211. The predicted octanol–water partition coefficient (Wildman–Crippen LogP) is 4.11. The SMILES string of the molecule is CC(C(=O)O)n1cc(CCNS(=O)(=O)c2cc(Cl)ccc2Cl)c2ccccc21. The van der Waals surface area contributed by atoms with E-state index in [2.05, 4.69) is 4.72 Å². The van der Waals surface area contributed by atoms with Crippen molar-refractivity contribution in [3.63, 3.8) is 0 Å². The van der Waals surface area contributed by atoms with E-state index in [-0.39, 0.29) is 21.5 Å². The Morgan fingerprint density at radius 1 is 1.21 bits per heavy atom. The van der Waals surface area contributed by atoms with Crippen molar-refractivity contribution in [1.29, 1.82) is 0 Å². The van der Waals surface area contributed by atoms with Crippen LogP contribution in [0.1, 0.15) is 18.5 Å². The van der Waals surface area contributed by atoms with Crippen molar-refractivity contribution >= 4 is 50.1 Å². The number of aromatic nitrogens is 1. The van der Waals surface area contributed by atoms with E-state index in [4.69, 9.17) is 23.2 Å². The third-order valence-corrected chi connectivity index (χ3v) is 6.64. The molecule has 0 aliphatic carbocycles. The fourth-order valence-corrected chi connectivity index (χ4v) is 4.79. The zero-order valence-corrected chi connectivity index (χ0v) is 17.2. The molecule has 2 aromatic carbocycles. The second-order valence-electron chi connectivity index (χ2n) is 6.32. The van der Waals surface area contributed by atoms with Crippen LogP contribution in [0.25, 0.3) is 10.9 Å². The van der Waals surface area contributed by atoms with Gasteiger partial charge in [-0.15, -0.1) is 0 Å². The molecule has 9 heteroatoms. The van der Waals surface area contributed by atoms with Gasteiger partial charge in [-0.25, -0.2) is 17.9 Å². The number of para-hydroxylation sites is 1. The number of fused-ring (bicyclic) bond motifs is 1. The number of nitrogens with one attached hydrogen (secondary N) is 1. The van der Waals surface area contributed by atoms with Gasteiger partial charge in [0.1, 0.15) is 10.9 Å². The molecule has 148 valence electrons. The average Bonchev–Trinajstić information content (AvgIpc) is 3.01. The maximum atomic E-state index is 12.5. The second kappa shape index (κ2) is 8.13. The van der Waals surface area contributed by atoms with E-state index in [0.717, 1.165) is 16.5 Å². The molecule has 0 saturated heterocycles. The van der Waals surface area contributed by atoms with Crippen LogP contribution in [-0.2, 0) is 21.2 Å². The lowest BCUT2D eigenvalue weighted by Gasteiger charge is -2.09. The van der Waals surface area contributed by atoms with E-state index >= 15 is 0 Å². The molecule has 1 atom stereocenters. The van der Waals surface area contributed by atoms with Crippen LogP contribution in [0.4, 0.5) is 0 Å². The standard InChI is InChI=1S/C19H18Cl2N2O4S/c1-12(19(24)25)23-11-13(15-4-2-3-5-17(15)23)8-9-22-28(26,27)18-10-14(20)6-7-16(18)21/h2-7,10-12,22H,8-9H2,1H3,(H,24,25). The number of aliphatic carboxylic acids is 1. The molecule has 28 heavy (non-hydrogen) atoms. The molecule has 0 bridgehead atoms. The van der Waals surface area contributed by atoms with Gasteiger partial charge in [0.15, 0.2) is 0 Å². The second-order valence-corrected chi connectivity index (χ2v) is 8.89. The molecule has 0 saturated carbocycles. The number of rotatable bonds is 7. The Hall–Kier alpha value is -2.06. The van der Waals surface area contributed by atoms with Crippen molar-refractivity contribution < 1.29 is 18.3 Å². The Morgan fingerprint density at radius 3 is 2.64 bits per heavy atom. The molecule has 0 amide bonds. The summed E-state index contributed by atoms with van der Waals surface area (Å²) in [7, 11) is -3.83. The lowest BCUT2D eigenvalue weighted by molar-refractivity contribution is -0.140. The summed E-state index contributed by atoms with van der Waals surface area (Å²) >= 11 is 11.9. The van der Waals surface area contributed by atoms with Gasteiger partial charge in [0, 0.05) is 28.7 Å². The Labute approximate surface area is 172 Å². The van der Waals surface area contributed by atoms with Crippen LogP contribution in [-0.4, -0.2) is 30.6 Å². The monoisotopic (exact) mass is 440 g/mol. The van der Waals surface area contributed by atoms with Gasteiger partial charge in [0.2, 0.25) is 10.0 Å². The first-order valence-electron chi connectivity index (χ1n) is 8.46. The molecule has 1 aromatic heterocycles. The summed E-state index contributed by atoms with van der Waals surface area (Å²) in [5.41, 5.74) is 1.64. The first kappa shape index (κ1) is 20.7. The first-order valence-corrected chi connectivity index (χ1v) is 10.7. The van der Waals surface area contributed by atoms with Crippen LogP contribution in [0.2, 0.25) is 10.0 Å². The third-order valence-electron chi connectivity index (χ3n) is 4.47.